The number of amides is 1. The highest BCUT2D eigenvalue weighted by molar-refractivity contribution is 5.84. The van der Waals surface area contributed by atoms with Crippen molar-refractivity contribution in [2.24, 2.45) is 11.3 Å². The maximum atomic E-state index is 12.5. The van der Waals surface area contributed by atoms with Crippen LogP contribution in [0.3, 0.4) is 0 Å². The lowest BCUT2D eigenvalue weighted by molar-refractivity contribution is -0.131. The number of carbonyl (C=O) groups excluding carboxylic acids is 1. The maximum absolute atomic E-state index is 12.5. The molecule has 1 aliphatic rings. The van der Waals surface area contributed by atoms with Crippen LogP contribution in [0, 0.1) is 11.3 Å². The number of nitrogens with zero attached hydrogens (tertiary/aromatic N) is 1. The quantitative estimate of drug-likeness (QED) is 0.801. The van der Waals surface area contributed by atoms with Gasteiger partial charge in [-0.1, -0.05) is 54.4 Å². The minimum Gasteiger partial charge on any atom is -0.326 e. The van der Waals surface area contributed by atoms with Gasteiger partial charge >= 0.3 is 0 Å². The van der Waals surface area contributed by atoms with E-state index in [0.717, 1.165) is 32.2 Å². The van der Waals surface area contributed by atoms with Gasteiger partial charge in [-0.2, -0.15) is 0 Å². The molecule has 3 nitrogen and oxygen atoms in total. The standard InChI is InChI=1S/C16H32N2O/c1-7-9-10-13-15(19)18(14(8-2)17-13)11-12(3)16(4,5)6/h12-14,17H,7-11H2,1-6H3. The molecular weight excluding hydrogens is 236 g/mol. The summed E-state index contributed by atoms with van der Waals surface area (Å²) in [5.41, 5.74) is 0.250. The zero-order chi connectivity index (χ0) is 14.6. The Labute approximate surface area is 119 Å². The highest BCUT2D eigenvalue weighted by Gasteiger charge is 2.38. The molecular formula is C16H32N2O. The van der Waals surface area contributed by atoms with Crippen molar-refractivity contribution in [3.8, 4) is 0 Å². The molecule has 1 fully saturated rings. The lowest BCUT2D eigenvalue weighted by Gasteiger charge is -2.33. The minimum atomic E-state index is 0.0528. The molecule has 0 spiro atoms. The van der Waals surface area contributed by atoms with Gasteiger partial charge in [0.25, 0.3) is 0 Å². The number of rotatable bonds is 6. The second-order valence-corrected chi connectivity index (χ2v) is 7.04. The summed E-state index contributed by atoms with van der Waals surface area (Å²) in [6.45, 7) is 14.2. The van der Waals surface area contributed by atoms with Crippen LogP contribution in [0.4, 0.5) is 0 Å². The predicted octanol–water partition coefficient (Wildman–Crippen LogP) is 3.40. The minimum absolute atomic E-state index is 0.0528. The molecule has 0 bridgehead atoms. The molecule has 1 amide bonds. The van der Waals surface area contributed by atoms with Crippen LogP contribution < -0.4 is 5.32 Å². The van der Waals surface area contributed by atoms with Gasteiger partial charge in [-0.3, -0.25) is 10.1 Å². The Balaban J connectivity index is 2.67. The topological polar surface area (TPSA) is 32.3 Å². The lowest BCUT2D eigenvalue weighted by atomic mass is 9.81. The first kappa shape index (κ1) is 16.5. The molecule has 3 atom stereocenters. The third-order valence-corrected chi connectivity index (χ3v) is 4.53. The Hall–Kier alpha value is -0.570. The van der Waals surface area contributed by atoms with E-state index >= 15 is 0 Å². The van der Waals surface area contributed by atoms with E-state index < -0.39 is 0 Å². The van der Waals surface area contributed by atoms with Gasteiger partial charge in [0, 0.05) is 6.54 Å². The monoisotopic (exact) mass is 268 g/mol. The molecule has 1 N–H and O–H groups in total. The van der Waals surface area contributed by atoms with E-state index in [1.807, 2.05) is 0 Å². The fraction of sp³-hybridized carbons (Fsp3) is 0.938. The third kappa shape index (κ3) is 4.20. The summed E-state index contributed by atoms with van der Waals surface area (Å²) < 4.78 is 0. The second kappa shape index (κ2) is 6.74. The van der Waals surface area contributed by atoms with Crippen molar-refractivity contribution in [3.63, 3.8) is 0 Å². The first-order valence-electron chi connectivity index (χ1n) is 7.87. The Morgan fingerprint density at radius 1 is 1.32 bits per heavy atom. The van der Waals surface area contributed by atoms with Gasteiger partial charge in [-0.15, -0.1) is 0 Å². The number of nitrogens with one attached hydrogen (secondary N) is 1. The zero-order valence-electron chi connectivity index (χ0n) is 13.6. The molecule has 1 aliphatic heterocycles. The van der Waals surface area contributed by atoms with Crippen LogP contribution in [0.2, 0.25) is 0 Å². The van der Waals surface area contributed by atoms with Crippen molar-refractivity contribution in [1.82, 2.24) is 10.2 Å². The van der Waals surface area contributed by atoms with Crippen LogP contribution in [-0.4, -0.2) is 29.6 Å². The Morgan fingerprint density at radius 3 is 2.42 bits per heavy atom. The molecule has 3 heteroatoms. The summed E-state index contributed by atoms with van der Waals surface area (Å²) in [5, 5.41) is 3.51. The van der Waals surface area contributed by atoms with E-state index in [4.69, 9.17) is 0 Å². The highest BCUT2D eigenvalue weighted by atomic mass is 16.2. The van der Waals surface area contributed by atoms with Crippen LogP contribution >= 0.6 is 0 Å². The fourth-order valence-electron chi connectivity index (χ4n) is 2.49. The van der Waals surface area contributed by atoms with E-state index in [9.17, 15) is 4.79 Å². The molecule has 0 aromatic heterocycles. The molecule has 1 heterocycles. The summed E-state index contributed by atoms with van der Waals surface area (Å²) in [5.74, 6) is 0.827. The molecule has 1 rings (SSSR count). The van der Waals surface area contributed by atoms with E-state index in [1.165, 1.54) is 0 Å². The Morgan fingerprint density at radius 2 is 1.95 bits per heavy atom. The number of hydrogen-bond acceptors (Lipinski definition) is 2. The van der Waals surface area contributed by atoms with Crippen molar-refractivity contribution >= 4 is 5.91 Å². The van der Waals surface area contributed by atoms with Gasteiger partial charge in [-0.05, 0) is 24.2 Å². The number of hydrogen-bond donors (Lipinski definition) is 1. The molecule has 3 unspecified atom stereocenters. The summed E-state index contributed by atoms with van der Waals surface area (Å²) in [7, 11) is 0. The highest BCUT2D eigenvalue weighted by Crippen LogP contribution is 2.28. The van der Waals surface area contributed by atoms with Crippen LogP contribution in [-0.2, 0) is 4.79 Å². The first-order chi connectivity index (χ1) is 8.81. The maximum Gasteiger partial charge on any atom is 0.241 e. The van der Waals surface area contributed by atoms with Gasteiger partial charge < -0.3 is 4.90 Å². The average molecular weight is 268 g/mol. The van der Waals surface area contributed by atoms with Crippen LogP contribution in [0.15, 0.2) is 0 Å². The van der Waals surface area contributed by atoms with Gasteiger partial charge in [0.15, 0.2) is 0 Å². The Kier molecular flexibility index (Phi) is 5.84. The molecule has 0 aromatic rings. The van der Waals surface area contributed by atoms with E-state index in [1.54, 1.807) is 0 Å². The SMILES string of the molecule is CCCCC1NC(CC)N(CC(C)C(C)(C)C)C1=O. The molecule has 0 aromatic carbocycles. The summed E-state index contributed by atoms with van der Waals surface area (Å²) in [4.78, 5) is 14.6. The summed E-state index contributed by atoms with van der Waals surface area (Å²) in [6, 6.07) is 0.0528. The van der Waals surface area contributed by atoms with E-state index in [0.29, 0.717) is 11.8 Å². The van der Waals surface area contributed by atoms with Crippen LogP contribution in [0.1, 0.15) is 67.2 Å². The lowest BCUT2D eigenvalue weighted by Crippen LogP contribution is -2.42. The normalized spacial score (nSPS) is 26.0. The third-order valence-electron chi connectivity index (χ3n) is 4.53. The summed E-state index contributed by atoms with van der Waals surface area (Å²) in [6.07, 6.45) is 4.49. The smallest absolute Gasteiger partial charge is 0.241 e. The van der Waals surface area contributed by atoms with Crippen molar-refractivity contribution in [3.05, 3.63) is 0 Å². The molecule has 1 saturated heterocycles. The van der Waals surface area contributed by atoms with Gasteiger partial charge in [-0.25, -0.2) is 0 Å². The van der Waals surface area contributed by atoms with Gasteiger partial charge in [0.05, 0.1) is 12.2 Å². The van der Waals surface area contributed by atoms with Crippen molar-refractivity contribution < 1.29 is 4.79 Å². The summed E-state index contributed by atoms with van der Waals surface area (Å²) >= 11 is 0. The van der Waals surface area contributed by atoms with E-state index in [2.05, 4.69) is 51.8 Å². The largest absolute Gasteiger partial charge is 0.326 e. The van der Waals surface area contributed by atoms with Crippen molar-refractivity contribution in [2.45, 2.75) is 79.4 Å². The number of carbonyl (C=O) groups is 1. The molecule has 112 valence electrons. The van der Waals surface area contributed by atoms with Gasteiger partial charge in [0.2, 0.25) is 5.91 Å². The van der Waals surface area contributed by atoms with Crippen molar-refractivity contribution in [1.29, 1.82) is 0 Å². The molecule has 0 aliphatic carbocycles. The van der Waals surface area contributed by atoms with Gasteiger partial charge in [0.1, 0.15) is 0 Å². The van der Waals surface area contributed by atoms with Crippen molar-refractivity contribution in [2.75, 3.05) is 6.54 Å². The fourth-order valence-corrected chi connectivity index (χ4v) is 2.49. The molecule has 0 radical (unpaired) electrons. The average Bonchev–Trinajstić information content (AvgIpc) is 2.63. The predicted molar refractivity (Wildman–Crippen MR) is 80.9 cm³/mol. The Bertz CT molecular complexity index is 296. The zero-order valence-corrected chi connectivity index (χ0v) is 13.6. The van der Waals surface area contributed by atoms with Crippen LogP contribution in [0.25, 0.3) is 0 Å². The second-order valence-electron chi connectivity index (χ2n) is 7.04. The number of unbranched alkanes of at least 4 members (excludes halogenated alkanes) is 1. The molecule has 19 heavy (non-hydrogen) atoms. The van der Waals surface area contributed by atoms with E-state index in [-0.39, 0.29) is 17.6 Å². The first-order valence-corrected chi connectivity index (χ1v) is 7.87. The van der Waals surface area contributed by atoms with Crippen LogP contribution in [0.5, 0.6) is 0 Å². The molecule has 0 saturated carbocycles.